The molecular formula is C21H32O5. The van der Waals surface area contributed by atoms with Crippen LogP contribution in [0.25, 0.3) is 0 Å². The van der Waals surface area contributed by atoms with Gasteiger partial charge in [0.25, 0.3) is 0 Å². The molecule has 146 valence electrons. The number of fused-ring (bicyclic) bond motifs is 2. The van der Waals surface area contributed by atoms with Gasteiger partial charge in [-0.1, -0.05) is 27.2 Å². The highest BCUT2D eigenvalue weighted by atomic mass is 16.6. The number of ketones is 1. The minimum Gasteiger partial charge on any atom is -0.469 e. The first kappa shape index (κ1) is 19.5. The molecule has 1 aliphatic heterocycles. The van der Waals surface area contributed by atoms with Crippen LogP contribution in [0.3, 0.4) is 0 Å². The van der Waals surface area contributed by atoms with Crippen LogP contribution in [-0.2, 0) is 23.9 Å². The summed E-state index contributed by atoms with van der Waals surface area (Å²) < 4.78 is 11.1. The molecule has 2 saturated carbocycles. The Kier molecular flexibility index (Phi) is 4.83. The van der Waals surface area contributed by atoms with Crippen molar-refractivity contribution in [3.8, 4) is 0 Å². The number of ether oxygens (including phenoxy) is 2. The van der Waals surface area contributed by atoms with Crippen LogP contribution in [-0.4, -0.2) is 36.9 Å². The van der Waals surface area contributed by atoms with E-state index < -0.39 is 11.0 Å². The van der Waals surface area contributed by atoms with E-state index in [0.29, 0.717) is 12.8 Å². The van der Waals surface area contributed by atoms with Gasteiger partial charge in [-0.15, -0.1) is 0 Å². The molecule has 0 N–H and O–H groups in total. The van der Waals surface area contributed by atoms with E-state index in [2.05, 4.69) is 6.92 Å². The van der Waals surface area contributed by atoms with E-state index >= 15 is 0 Å². The van der Waals surface area contributed by atoms with E-state index in [1.54, 1.807) is 0 Å². The van der Waals surface area contributed by atoms with Gasteiger partial charge in [-0.3, -0.25) is 9.59 Å². The van der Waals surface area contributed by atoms with E-state index in [1.807, 2.05) is 20.8 Å². The molecule has 0 aromatic heterocycles. The van der Waals surface area contributed by atoms with Crippen LogP contribution >= 0.6 is 0 Å². The molecular weight excluding hydrogens is 332 g/mol. The fourth-order valence-corrected chi connectivity index (χ4v) is 6.13. The molecule has 3 rings (SSSR count). The van der Waals surface area contributed by atoms with Gasteiger partial charge in [-0.25, -0.2) is 0 Å². The third-order valence-electron chi connectivity index (χ3n) is 7.72. The molecule has 26 heavy (non-hydrogen) atoms. The minimum absolute atomic E-state index is 0.00279. The van der Waals surface area contributed by atoms with Gasteiger partial charge in [0.2, 0.25) is 0 Å². The fraction of sp³-hybridized carbons (Fsp3) is 0.857. The lowest BCUT2D eigenvalue weighted by Gasteiger charge is -2.57. The summed E-state index contributed by atoms with van der Waals surface area (Å²) in [4.78, 5) is 36.9. The molecule has 5 heteroatoms. The molecule has 0 aromatic rings. The van der Waals surface area contributed by atoms with Crippen LogP contribution in [0.15, 0.2) is 0 Å². The molecule has 3 fully saturated rings. The third kappa shape index (κ3) is 2.65. The van der Waals surface area contributed by atoms with Gasteiger partial charge in [-0.2, -0.15) is 0 Å². The quantitative estimate of drug-likeness (QED) is 0.411. The number of rotatable bonds is 6. The highest BCUT2D eigenvalue weighted by Crippen LogP contribution is 2.68. The highest BCUT2D eigenvalue weighted by Gasteiger charge is 2.73. The highest BCUT2D eigenvalue weighted by molar-refractivity contribution is 5.80. The number of epoxide rings is 1. The molecule has 2 aliphatic carbocycles. The van der Waals surface area contributed by atoms with Crippen molar-refractivity contribution in [3.63, 3.8) is 0 Å². The molecule has 0 spiro atoms. The molecule has 3 aliphatic rings. The van der Waals surface area contributed by atoms with Crippen LogP contribution in [0.5, 0.6) is 0 Å². The van der Waals surface area contributed by atoms with Gasteiger partial charge in [0.05, 0.1) is 18.6 Å². The Bertz CT molecular complexity index is 614. The van der Waals surface area contributed by atoms with E-state index in [1.165, 1.54) is 7.11 Å². The molecule has 6 atom stereocenters. The van der Waals surface area contributed by atoms with Gasteiger partial charge in [0, 0.05) is 18.3 Å². The van der Waals surface area contributed by atoms with Crippen molar-refractivity contribution in [2.45, 2.75) is 77.9 Å². The summed E-state index contributed by atoms with van der Waals surface area (Å²) in [6.45, 7) is 8.03. The smallest absolute Gasteiger partial charge is 0.311 e. The average molecular weight is 364 g/mol. The second-order valence-corrected chi connectivity index (χ2v) is 9.35. The Balaban J connectivity index is 1.94. The normalized spacial score (nSPS) is 44.0. The van der Waals surface area contributed by atoms with Crippen molar-refractivity contribution in [2.75, 3.05) is 7.11 Å². The maximum absolute atomic E-state index is 12.6. The number of methoxy groups -OCH3 is 1. The predicted molar refractivity (Wildman–Crippen MR) is 96.4 cm³/mol. The molecule has 0 aromatic carbocycles. The zero-order valence-electron chi connectivity index (χ0n) is 16.7. The lowest BCUT2D eigenvalue weighted by atomic mass is 9.45. The summed E-state index contributed by atoms with van der Waals surface area (Å²) >= 11 is 0. The van der Waals surface area contributed by atoms with Crippen LogP contribution < -0.4 is 0 Å². The fourth-order valence-electron chi connectivity index (χ4n) is 6.13. The molecule has 5 nitrogen and oxygen atoms in total. The number of esters is 1. The number of hydrogen-bond donors (Lipinski definition) is 0. The maximum Gasteiger partial charge on any atom is 0.311 e. The molecule has 0 radical (unpaired) electrons. The summed E-state index contributed by atoms with van der Waals surface area (Å²) in [6, 6.07) is 0. The first-order chi connectivity index (χ1) is 12.2. The second-order valence-electron chi connectivity index (χ2n) is 9.35. The number of hydrogen-bond acceptors (Lipinski definition) is 5. The first-order valence-electron chi connectivity index (χ1n) is 9.91. The van der Waals surface area contributed by atoms with Crippen molar-refractivity contribution in [1.29, 1.82) is 0 Å². The van der Waals surface area contributed by atoms with E-state index in [9.17, 15) is 14.4 Å². The summed E-state index contributed by atoms with van der Waals surface area (Å²) in [5.74, 6) is 0.140. The number of carbonyl (C=O) groups is 3. The van der Waals surface area contributed by atoms with Crippen molar-refractivity contribution >= 4 is 18.0 Å². The average Bonchev–Trinajstić information content (AvgIpc) is 3.32. The standard InChI is InChI=1S/C21H32O5/c1-13(2)14(23)7-8-15-19(3)9-6-10-20(4,18(24)25-5)16(19)11-17-21(15,12-22)26-17/h12-13,15-17H,6-11H2,1-5H3/t15?,16?,17-,19-,20-,21+/m1/s1. The maximum atomic E-state index is 12.6. The van der Waals surface area contributed by atoms with Crippen LogP contribution in [0.1, 0.15) is 66.2 Å². The zero-order valence-corrected chi connectivity index (χ0v) is 16.7. The Hall–Kier alpha value is -1.23. The summed E-state index contributed by atoms with van der Waals surface area (Å²) in [7, 11) is 1.45. The van der Waals surface area contributed by atoms with Gasteiger partial charge in [0.15, 0.2) is 11.9 Å². The second kappa shape index (κ2) is 6.43. The van der Waals surface area contributed by atoms with Crippen LogP contribution in [0.4, 0.5) is 0 Å². The largest absolute Gasteiger partial charge is 0.469 e. The summed E-state index contributed by atoms with van der Waals surface area (Å²) in [5.41, 5.74) is -1.51. The number of aldehydes is 1. The first-order valence-corrected chi connectivity index (χ1v) is 9.91. The zero-order chi connectivity index (χ0) is 19.3. The number of carbonyl (C=O) groups excluding carboxylic acids is 3. The lowest BCUT2D eigenvalue weighted by molar-refractivity contribution is -0.171. The van der Waals surface area contributed by atoms with Crippen LogP contribution in [0.2, 0.25) is 0 Å². The van der Waals surface area contributed by atoms with Gasteiger partial charge in [0.1, 0.15) is 5.78 Å². The SMILES string of the molecule is COC(=O)[C@]1(C)CCC[C@@]2(C)C1C[C@H]1O[C@@]1(C=O)C2CCC(=O)C(C)C. The van der Waals surface area contributed by atoms with E-state index in [0.717, 1.165) is 32.0 Å². The Morgan fingerprint density at radius 3 is 2.54 bits per heavy atom. The molecule has 2 unspecified atom stereocenters. The summed E-state index contributed by atoms with van der Waals surface area (Å²) in [5, 5.41) is 0. The summed E-state index contributed by atoms with van der Waals surface area (Å²) in [6.07, 6.45) is 5.35. The lowest BCUT2D eigenvalue weighted by Crippen LogP contribution is -2.58. The van der Waals surface area contributed by atoms with Crippen molar-refractivity contribution in [1.82, 2.24) is 0 Å². The Morgan fingerprint density at radius 1 is 1.27 bits per heavy atom. The number of Topliss-reactive ketones (excluding diaryl/α,β-unsaturated/α-hetero) is 1. The van der Waals surface area contributed by atoms with Crippen molar-refractivity contribution in [3.05, 3.63) is 0 Å². The molecule has 0 amide bonds. The van der Waals surface area contributed by atoms with Crippen molar-refractivity contribution < 1.29 is 23.9 Å². The Labute approximate surface area is 156 Å². The predicted octanol–water partition coefficient (Wildman–Crippen LogP) is 3.33. The third-order valence-corrected chi connectivity index (χ3v) is 7.72. The van der Waals surface area contributed by atoms with Gasteiger partial charge in [-0.05, 0) is 43.9 Å². The molecule has 0 bridgehead atoms. The topological polar surface area (TPSA) is 73.0 Å². The van der Waals surface area contributed by atoms with E-state index in [-0.39, 0.29) is 41.0 Å². The van der Waals surface area contributed by atoms with Gasteiger partial charge >= 0.3 is 5.97 Å². The Morgan fingerprint density at radius 2 is 1.96 bits per heavy atom. The molecule has 1 saturated heterocycles. The van der Waals surface area contributed by atoms with E-state index in [4.69, 9.17) is 9.47 Å². The van der Waals surface area contributed by atoms with Gasteiger partial charge < -0.3 is 14.3 Å². The van der Waals surface area contributed by atoms with Crippen molar-refractivity contribution in [2.24, 2.45) is 28.6 Å². The van der Waals surface area contributed by atoms with Crippen LogP contribution in [0, 0.1) is 28.6 Å². The monoisotopic (exact) mass is 364 g/mol. The minimum atomic E-state index is -0.753. The molecule has 1 heterocycles.